The molecule has 0 radical (unpaired) electrons. The molecule has 4 heteroatoms. The second-order valence-corrected chi connectivity index (χ2v) is 4.07. The van der Waals surface area contributed by atoms with Gasteiger partial charge in [-0.25, -0.2) is 4.98 Å². The van der Waals surface area contributed by atoms with E-state index in [0.29, 0.717) is 0 Å². The van der Waals surface area contributed by atoms with E-state index in [9.17, 15) is 0 Å². The minimum atomic E-state index is 0. The van der Waals surface area contributed by atoms with Crippen LogP contribution in [-0.4, -0.2) is 14.5 Å². The van der Waals surface area contributed by atoms with Crippen molar-refractivity contribution in [3.05, 3.63) is 54.2 Å². The van der Waals surface area contributed by atoms with Gasteiger partial charge in [0.1, 0.15) is 0 Å². The fraction of sp³-hybridized carbons (Fsp3) is 0.154. The number of rotatable bonds is 2. The third-order valence-electron chi connectivity index (χ3n) is 2.82. The number of nitrogens with zero attached hydrogens (tertiary/aromatic N) is 2. The molecule has 0 saturated carbocycles. The molecule has 0 aliphatic carbocycles. The van der Waals surface area contributed by atoms with Gasteiger partial charge in [-0.15, -0.1) is 0 Å². The molecule has 0 unspecified atom stereocenters. The molecule has 0 aliphatic rings. The van der Waals surface area contributed by atoms with Crippen molar-refractivity contribution < 1.29 is 0 Å². The van der Waals surface area contributed by atoms with E-state index in [2.05, 4.69) is 51.9 Å². The minimum absolute atomic E-state index is 0. The quantitative estimate of drug-likeness (QED) is 0.708. The van der Waals surface area contributed by atoms with E-state index < -0.39 is 0 Å². The molecule has 0 atom stereocenters. The Balaban J connectivity index is 0.00000108. The Bertz CT molecular complexity index is 607. The highest BCUT2D eigenvalue weighted by Gasteiger charge is 2.02. The van der Waals surface area contributed by atoms with E-state index in [1.54, 1.807) is 6.33 Å². The maximum Gasteiger partial charge on any atom is 0.0923 e. The highest BCUT2D eigenvalue weighted by Crippen LogP contribution is 2.18. The minimum Gasteiger partial charge on any atom is -0.351 e. The van der Waals surface area contributed by atoms with Crippen LogP contribution in [0, 0.1) is 6.92 Å². The predicted octanol–water partition coefficient (Wildman–Crippen LogP) is 2.88. The second-order valence-electron chi connectivity index (χ2n) is 4.07. The van der Waals surface area contributed by atoms with Gasteiger partial charge < -0.3 is 15.7 Å². The van der Waals surface area contributed by atoms with Crippen LogP contribution in [0.5, 0.6) is 0 Å². The molecule has 0 aliphatic heterocycles. The summed E-state index contributed by atoms with van der Waals surface area (Å²) in [7, 11) is 0. The number of hydrogen-bond acceptors (Lipinski definition) is 2. The second kappa shape index (κ2) is 4.43. The van der Waals surface area contributed by atoms with Gasteiger partial charge in [-0.05, 0) is 30.0 Å². The Morgan fingerprint density at radius 3 is 2.94 bits per heavy atom. The monoisotopic (exact) mass is 228 g/mol. The smallest absolute Gasteiger partial charge is 0.0923 e. The van der Waals surface area contributed by atoms with Gasteiger partial charge in [0.05, 0.1) is 18.6 Å². The Kier molecular flexibility index (Phi) is 2.97. The molecule has 0 bridgehead atoms. The van der Waals surface area contributed by atoms with Gasteiger partial charge in [0.2, 0.25) is 0 Å². The zero-order chi connectivity index (χ0) is 11.0. The summed E-state index contributed by atoms with van der Waals surface area (Å²) in [5.74, 6) is 0. The standard InChI is InChI=1S/C13H13N3.H3N/c1-10-2-3-11-4-5-16(13(11)6-10)8-12-7-14-9-15-12;/h2-7,9H,8H2,1H3,(H,14,15);1H3. The number of aromatic nitrogens is 3. The first-order chi connectivity index (χ1) is 7.83. The molecule has 3 aromatic rings. The van der Waals surface area contributed by atoms with Gasteiger partial charge in [-0.2, -0.15) is 0 Å². The molecule has 2 heterocycles. The lowest BCUT2D eigenvalue weighted by molar-refractivity contribution is 0.814. The molecule has 88 valence electrons. The number of H-pyrrole nitrogens is 1. The number of aryl methyl sites for hydroxylation is 1. The summed E-state index contributed by atoms with van der Waals surface area (Å²) in [6.45, 7) is 2.93. The van der Waals surface area contributed by atoms with Crippen molar-refractivity contribution in [3.8, 4) is 0 Å². The molecule has 17 heavy (non-hydrogen) atoms. The first kappa shape index (κ1) is 11.4. The summed E-state index contributed by atoms with van der Waals surface area (Å²) in [5, 5.41) is 1.28. The van der Waals surface area contributed by atoms with E-state index in [1.807, 2.05) is 6.20 Å². The molecule has 0 fully saturated rings. The van der Waals surface area contributed by atoms with Crippen LogP contribution in [0.25, 0.3) is 10.9 Å². The van der Waals surface area contributed by atoms with Crippen molar-refractivity contribution in [2.45, 2.75) is 13.5 Å². The van der Waals surface area contributed by atoms with Gasteiger partial charge >= 0.3 is 0 Å². The molecule has 0 saturated heterocycles. The van der Waals surface area contributed by atoms with Crippen LogP contribution < -0.4 is 6.15 Å². The molecule has 0 spiro atoms. The lowest BCUT2D eigenvalue weighted by Gasteiger charge is -2.03. The van der Waals surface area contributed by atoms with Crippen LogP contribution in [0.1, 0.15) is 11.3 Å². The van der Waals surface area contributed by atoms with Crippen LogP contribution >= 0.6 is 0 Å². The number of nitrogens with one attached hydrogen (secondary N) is 1. The van der Waals surface area contributed by atoms with Crippen LogP contribution in [0.3, 0.4) is 0 Å². The molecule has 3 rings (SSSR count). The van der Waals surface area contributed by atoms with Crippen molar-refractivity contribution in [1.29, 1.82) is 0 Å². The molecule has 1 aromatic carbocycles. The van der Waals surface area contributed by atoms with Crippen LogP contribution in [-0.2, 0) is 6.54 Å². The molecular formula is C13H16N4. The molecule has 0 amide bonds. The average molecular weight is 228 g/mol. The van der Waals surface area contributed by atoms with E-state index >= 15 is 0 Å². The predicted molar refractivity (Wildman–Crippen MR) is 69.4 cm³/mol. The third kappa shape index (κ3) is 2.07. The highest BCUT2D eigenvalue weighted by molar-refractivity contribution is 5.80. The summed E-state index contributed by atoms with van der Waals surface area (Å²) < 4.78 is 2.22. The zero-order valence-electron chi connectivity index (χ0n) is 9.85. The van der Waals surface area contributed by atoms with Gasteiger partial charge in [0, 0.05) is 17.9 Å². The van der Waals surface area contributed by atoms with Crippen molar-refractivity contribution >= 4 is 10.9 Å². The van der Waals surface area contributed by atoms with Crippen molar-refractivity contribution in [2.75, 3.05) is 0 Å². The average Bonchev–Trinajstić information content (AvgIpc) is 2.90. The largest absolute Gasteiger partial charge is 0.351 e. The van der Waals surface area contributed by atoms with Crippen molar-refractivity contribution in [2.24, 2.45) is 0 Å². The van der Waals surface area contributed by atoms with Crippen molar-refractivity contribution in [1.82, 2.24) is 20.7 Å². The SMILES string of the molecule is Cc1ccc2ccn(Cc3c[nH]cn3)c2c1.N. The summed E-state index contributed by atoms with van der Waals surface area (Å²) >= 11 is 0. The Hall–Kier alpha value is -2.07. The Morgan fingerprint density at radius 1 is 1.29 bits per heavy atom. The topological polar surface area (TPSA) is 68.6 Å². The van der Waals surface area contributed by atoms with Crippen LogP contribution in [0.4, 0.5) is 0 Å². The molecule has 4 N–H and O–H groups in total. The number of imidazole rings is 1. The first-order valence-corrected chi connectivity index (χ1v) is 5.36. The molecule has 4 nitrogen and oxygen atoms in total. The van der Waals surface area contributed by atoms with Crippen LogP contribution in [0.2, 0.25) is 0 Å². The van der Waals surface area contributed by atoms with Gasteiger partial charge in [0.15, 0.2) is 0 Å². The Labute approximate surface area is 99.9 Å². The first-order valence-electron chi connectivity index (χ1n) is 5.36. The normalized spacial score (nSPS) is 10.4. The summed E-state index contributed by atoms with van der Waals surface area (Å²) in [4.78, 5) is 7.22. The molecular weight excluding hydrogens is 212 g/mol. The molecule has 2 aromatic heterocycles. The number of fused-ring (bicyclic) bond motifs is 1. The Morgan fingerprint density at radius 2 is 2.18 bits per heavy atom. The lowest BCUT2D eigenvalue weighted by Crippen LogP contribution is -1.97. The van der Waals surface area contributed by atoms with Gasteiger partial charge in [-0.1, -0.05) is 12.1 Å². The van der Waals surface area contributed by atoms with Crippen LogP contribution in [0.15, 0.2) is 43.0 Å². The van der Waals surface area contributed by atoms with E-state index in [1.165, 1.54) is 16.5 Å². The fourth-order valence-corrected chi connectivity index (χ4v) is 1.98. The van der Waals surface area contributed by atoms with E-state index in [-0.39, 0.29) is 6.15 Å². The maximum atomic E-state index is 4.24. The number of aromatic amines is 1. The van der Waals surface area contributed by atoms with Gasteiger partial charge in [0.25, 0.3) is 0 Å². The fourth-order valence-electron chi connectivity index (χ4n) is 1.98. The van der Waals surface area contributed by atoms with Crippen molar-refractivity contribution in [3.63, 3.8) is 0 Å². The van der Waals surface area contributed by atoms with Gasteiger partial charge in [-0.3, -0.25) is 0 Å². The number of benzene rings is 1. The summed E-state index contributed by atoms with van der Waals surface area (Å²) in [6.07, 6.45) is 5.76. The maximum absolute atomic E-state index is 4.24. The van der Waals surface area contributed by atoms with E-state index in [4.69, 9.17) is 0 Å². The summed E-state index contributed by atoms with van der Waals surface area (Å²) in [5.41, 5.74) is 3.61. The summed E-state index contributed by atoms with van der Waals surface area (Å²) in [6, 6.07) is 8.65. The number of hydrogen-bond donors (Lipinski definition) is 2. The zero-order valence-corrected chi connectivity index (χ0v) is 9.85. The third-order valence-corrected chi connectivity index (χ3v) is 2.82. The highest BCUT2D eigenvalue weighted by atomic mass is 15.0. The lowest BCUT2D eigenvalue weighted by atomic mass is 10.2. The van der Waals surface area contributed by atoms with E-state index in [0.717, 1.165) is 12.2 Å².